The van der Waals surface area contributed by atoms with Gasteiger partial charge in [0.25, 0.3) is 0 Å². The highest BCUT2D eigenvalue weighted by Crippen LogP contribution is 2.18. The number of benzene rings is 1. The molecule has 0 spiro atoms. The molecule has 8 nitrogen and oxygen atoms in total. The number of morpholine rings is 1. The van der Waals surface area contributed by atoms with Crippen molar-refractivity contribution in [1.82, 2.24) is 24.8 Å². The summed E-state index contributed by atoms with van der Waals surface area (Å²) >= 11 is 5.82. The van der Waals surface area contributed by atoms with E-state index in [0.717, 1.165) is 12.2 Å². The Balaban J connectivity index is 1.58. The second-order valence-corrected chi connectivity index (χ2v) is 6.98. The van der Waals surface area contributed by atoms with Gasteiger partial charge in [0.15, 0.2) is 0 Å². The van der Waals surface area contributed by atoms with Crippen LogP contribution in [0.3, 0.4) is 0 Å². The van der Waals surface area contributed by atoms with Crippen LogP contribution in [0.15, 0.2) is 24.4 Å². The lowest BCUT2D eigenvalue weighted by Gasteiger charge is -2.34. The summed E-state index contributed by atoms with van der Waals surface area (Å²) in [5.74, 6) is -1.34. The molecule has 1 unspecified atom stereocenters. The van der Waals surface area contributed by atoms with Gasteiger partial charge >= 0.3 is 5.97 Å². The lowest BCUT2D eigenvalue weighted by Crippen LogP contribution is -2.47. The third-order valence-corrected chi connectivity index (χ3v) is 4.53. The fourth-order valence-corrected chi connectivity index (χ4v) is 3.21. The van der Waals surface area contributed by atoms with Gasteiger partial charge in [0.2, 0.25) is 0 Å². The number of aromatic nitrogens is 3. The highest BCUT2D eigenvalue weighted by molar-refractivity contribution is 6.30. The van der Waals surface area contributed by atoms with E-state index in [0.29, 0.717) is 31.9 Å². The van der Waals surface area contributed by atoms with Gasteiger partial charge in [-0.05, 0) is 25.2 Å². The van der Waals surface area contributed by atoms with Crippen LogP contribution < -0.4 is 0 Å². The van der Waals surface area contributed by atoms with Gasteiger partial charge in [0.1, 0.15) is 5.82 Å². The van der Waals surface area contributed by atoms with Gasteiger partial charge in [0, 0.05) is 26.2 Å². The number of hydrogen-bond acceptors (Lipinski definition) is 6. The minimum Gasteiger partial charge on any atom is -0.480 e. The molecule has 1 aliphatic heterocycles. The smallest absolute Gasteiger partial charge is 0.317 e. The summed E-state index contributed by atoms with van der Waals surface area (Å²) in [4.78, 5) is 14.7. The van der Waals surface area contributed by atoms with E-state index in [1.165, 1.54) is 12.1 Å². The summed E-state index contributed by atoms with van der Waals surface area (Å²) in [7, 11) is 1.76. The van der Waals surface area contributed by atoms with Crippen molar-refractivity contribution in [3.05, 3.63) is 40.9 Å². The predicted octanol–water partition coefficient (Wildman–Crippen LogP) is 1.28. The Morgan fingerprint density at radius 3 is 3.07 bits per heavy atom. The van der Waals surface area contributed by atoms with Gasteiger partial charge in [-0.25, -0.2) is 9.07 Å². The molecule has 1 aromatic heterocycles. The molecule has 1 aromatic carbocycles. The Hall–Kier alpha value is -2.07. The number of nitrogens with zero attached hydrogens (tertiary/aromatic N) is 5. The van der Waals surface area contributed by atoms with Crippen LogP contribution in [0, 0.1) is 5.82 Å². The van der Waals surface area contributed by atoms with Gasteiger partial charge in [-0.3, -0.25) is 14.6 Å². The molecule has 0 saturated carbocycles. The largest absolute Gasteiger partial charge is 0.480 e. The molecule has 1 fully saturated rings. The van der Waals surface area contributed by atoms with Gasteiger partial charge in [-0.2, -0.15) is 0 Å². The lowest BCUT2D eigenvalue weighted by molar-refractivity contribution is -0.138. The molecule has 2 heterocycles. The van der Waals surface area contributed by atoms with Crippen molar-refractivity contribution in [2.45, 2.75) is 12.6 Å². The second-order valence-electron chi connectivity index (χ2n) is 6.57. The zero-order valence-electron chi connectivity index (χ0n) is 14.9. The molecule has 0 radical (unpaired) electrons. The SMILES string of the molecule is CN(CC(=O)O)CC1CN(Cc2cn(-c3ccc(F)c(Cl)c3)nn2)CCO1. The third-order valence-electron chi connectivity index (χ3n) is 4.24. The predicted molar refractivity (Wildman–Crippen MR) is 96.5 cm³/mol. The maximum absolute atomic E-state index is 13.3. The van der Waals surface area contributed by atoms with Gasteiger partial charge in [-0.15, -0.1) is 5.10 Å². The van der Waals surface area contributed by atoms with Crippen LogP contribution in [0.5, 0.6) is 0 Å². The van der Waals surface area contributed by atoms with E-state index in [-0.39, 0.29) is 17.7 Å². The molecule has 0 aliphatic carbocycles. The number of halogens is 2. The number of carbonyl (C=O) groups is 1. The molecule has 146 valence electrons. The van der Waals surface area contributed by atoms with Crippen LogP contribution in [-0.4, -0.2) is 81.8 Å². The van der Waals surface area contributed by atoms with Crippen molar-refractivity contribution in [3.63, 3.8) is 0 Å². The number of carboxylic acid groups (broad SMARTS) is 1. The first-order valence-corrected chi connectivity index (χ1v) is 8.89. The molecule has 1 saturated heterocycles. The number of carboxylic acids is 1. The van der Waals surface area contributed by atoms with Crippen LogP contribution in [-0.2, 0) is 16.1 Å². The minimum absolute atomic E-state index is 0.0194. The lowest BCUT2D eigenvalue weighted by atomic mass is 10.2. The molecule has 27 heavy (non-hydrogen) atoms. The third kappa shape index (κ3) is 5.46. The molecule has 1 N–H and O–H groups in total. The summed E-state index contributed by atoms with van der Waals surface area (Å²) < 4.78 is 20.6. The first kappa shape index (κ1) is 19.7. The van der Waals surface area contributed by atoms with Crippen molar-refractivity contribution < 1.29 is 19.0 Å². The van der Waals surface area contributed by atoms with E-state index in [9.17, 15) is 9.18 Å². The van der Waals surface area contributed by atoms with Crippen molar-refractivity contribution in [2.24, 2.45) is 0 Å². The molecule has 1 atom stereocenters. The first-order valence-electron chi connectivity index (χ1n) is 8.51. The standard InChI is InChI=1S/C17H21ClFN5O3/c1-22(11-17(25)26)9-14-10-23(4-5-27-14)7-12-8-24(21-20-12)13-2-3-16(19)15(18)6-13/h2-3,6,8,14H,4-5,7,9-11H2,1H3,(H,25,26). The Morgan fingerprint density at radius 1 is 1.52 bits per heavy atom. The van der Waals surface area contributed by atoms with E-state index in [4.69, 9.17) is 21.4 Å². The van der Waals surface area contributed by atoms with Gasteiger partial charge in [0.05, 0.1) is 41.9 Å². The normalized spacial score (nSPS) is 18.1. The Bertz CT molecular complexity index is 803. The maximum Gasteiger partial charge on any atom is 0.317 e. The zero-order chi connectivity index (χ0) is 19.4. The van der Waals surface area contributed by atoms with E-state index in [1.54, 1.807) is 28.9 Å². The fourth-order valence-electron chi connectivity index (χ4n) is 3.03. The fraction of sp³-hybridized carbons (Fsp3) is 0.471. The topological polar surface area (TPSA) is 83.7 Å². The van der Waals surface area contributed by atoms with Gasteiger partial charge in [-0.1, -0.05) is 16.8 Å². The van der Waals surface area contributed by atoms with Crippen LogP contribution in [0.2, 0.25) is 5.02 Å². The number of rotatable bonds is 7. The molecule has 3 rings (SSSR count). The summed E-state index contributed by atoms with van der Waals surface area (Å²) in [5, 5.41) is 17.1. The number of ether oxygens (including phenoxy) is 1. The Kier molecular flexibility index (Phi) is 6.38. The highest BCUT2D eigenvalue weighted by atomic mass is 35.5. The summed E-state index contributed by atoms with van der Waals surface area (Å²) in [6, 6.07) is 4.38. The molecule has 1 aliphatic rings. The average molecular weight is 398 g/mol. The molecule has 0 amide bonds. The molecule has 10 heteroatoms. The quantitative estimate of drug-likeness (QED) is 0.753. The molecule has 0 bridgehead atoms. The number of aliphatic carboxylic acids is 1. The van der Waals surface area contributed by atoms with Crippen LogP contribution in [0.4, 0.5) is 4.39 Å². The average Bonchev–Trinajstić information content (AvgIpc) is 3.05. The van der Waals surface area contributed by atoms with E-state index in [1.807, 2.05) is 0 Å². The van der Waals surface area contributed by atoms with Crippen molar-refractivity contribution in [2.75, 3.05) is 39.8 Å². The van der Waals surface area contributed by atoms with Crippen LogP contribution in [0.25, 0.3) is 5.69 Å². The summed E-state index contributed by atoms with van der Waals surface area (Å²) in [5.41, 5.74) is 1.41. The molecular weight excluding hydrogens is 377 g/mol. The second kappa shape index (κ2) is 8.75. The molecular formula is C17H21ClFN5O3. The van der Waals surface area contributed by atoms with E-state index in [2.05, 4.69) is 15.2 Å². The van der Waals surface area contributed by atoms with Crippen molar-refractivity contribution in [3.8, 4) is 5.69 Å². The first-order chi connectivity index (χ1) is 12.9. The van der Waals surface area contributed by atoms with Crippen LogP contribution in [0.1, 0.15) is 5.69 Å². The number of hydrogen-bond donors (Lipinski definition) is 1. The maximum atomic E-state index is 13.3. The summed E-state index contributed by atoms with van der Waals surface area (Å²) in [6.45, 7) is 3.14. The van der Waals surface area contributed by atoms with Crippen molar-refractivity contribution >= 4 is 17.6 Å². The monoisotopic (exact) mass is 397 g/mol. The zero-order valence-corrected chi connectivity index (χ0v) is 15.6. The van der Waals surface area contributed by atoms with Crippen molar-refractivity contribution in [1.29, 1.82) is 0 Å². The Morgan fingerprint density at radius 2 is 2.33 bits per heavy atom. The van der Waals surface area contributed by atoms with Gasteiger partial charge < -0.3 is 9.84 Å². The van der Waals surface area contributed by atoms with Crippen LogP contribution >= 0.6 is 11.6 Å². The van der Waals surface area contributed by atoms with E-state index < -0.39 is 11.8 Å². The Labute approximate surface area is 161 Å². The number of likely N-dealkylation sites (N-methyl/N-ethyl adjacent to an activating group) is 1. The summed E-state index contributed by atoms with van der Waals surface area (Å²) in [6.07, 6.45) is 1.72. The molecule has 2 aromatic rings. The highest BCUT2D eigenvalue weighted by Gasteiger charge is 2.23. The minimum atomic E-state index is -0.859. The van der Waals surface area contributed by atoms with E-state index >= 15 is 0 Å².